The first-order valence-electron chi connectivity index (χ1n) is 10.1. The highest BCUT2D eigenvalue weighted by molar-refractivity contribution is 7.77. The van der Waals surface area contributed by atoms with E-state index in [9.17, 15) is 0 Å². The maximum atomic E-state index is 5.08. The number of nitrogens with zero attached hydrogens (tertiary/aromatic N) is 1. The largest absolute Gasteiger partial charge is 0.368 e. The van der Waals surface area contributed by atoms with E-state index >= 15 is 0 Å². The predicted octanol–water partition coefficient (Wildman–Crippen LogP) is 5.08. The zero-order valence-corrected chi connectivity index (χ0v) is 17.1. The van der Waals surface area contributed by atoms with Gasteiger partial charge in [0.05, 0.1) is 6.04 Å². The van der Waals surface area contributed by atoms with Crippen LogP contribution in [0.3, 0.4) is 0 Å². The highest BCUT2D eigenvalue weighted by Gasteiger charge is 2.28. The number of hydrogen-bond acceptors (Lipinski definition) is 2. The molecule has 1 aliphatic heterocycles. The fraction of sp³-hybridized carbons (Fsp3) is 0.115. The first kappa shape index (κ1) is 18.1. The van der Waals surface area contributed by atoms with E-state index in [0.717, 1.165) is 18.8 Å². The molecule has 0 bridgehead atoms. The second kappa shape index (κ2) is 8.19. The third-order valence-corrected chi connectivity index (χ3v) is 7.92. The summed E-state index contributed by atoms with van der Waals surface area (Å²) in [6, 6.07) is 32.6. The quantitative estimate of drug-likeness (QED) is 0.600. The van der Waals surface area contributed by atoms with Crippen molar-refractivity contribution in [2.75, 3.05) is 6.54 Å². The Morgan fingerprint density at radius 2 is 1.34 bits per heavy atom. The minimum Gasteiger partial charge on any atom is -0.368 e. The minimum absolute atomic E-state index is 0.195. The SMILES string of the molecule is C1=CC(P(c2ccccc2)c2ccccc2)=C(C2=N[C@H](c3ccccc3)CN2)C1. The van der Waals surface area contributed by atoms with Crippen molar-refractivity contribution >= 4 is 24.4 Å². The van der Waals surface area contributed by atoms with Crippen molar-refractivity contribution in [2.45, 2.75) is 12.5 Å². The number of hydrogen-bond donors (Lipinski definition) is 1. The van der Waals surface area contributed by atoms with Crippen LogP contribution in [0.25, 0.3) is 0 Å². The van der Waals surface area contributed by atoms with Gasteiger partial charge in [-0.05, 0) is 35.8 Å². The average molecular weight is 394 g/mol. The molecule has 0 spiro atoms. The number of amidine groups is 1. The second-order valence-corrected chi connectivity index (χ2v) is 9.45. The van der Waals surface area contributed by atoms with Gasteiger partial charge in [0.1, 0.15) is 5.84 Å². The van der Waals surface area contributed by atoms with E-state index in [1.165, 1.54) is 27.1 Å². The van der Waals surface area contributed by atoms with Gasteiger partial charge in [-0.3, -0.25) is 4.99 Å². The molecule has 3 aromatic carbocycles. The molecule has 29 heavy (non-hydrogen) atoms. The van der Waals surface area contributed by atoms with Crippen LogP contribution in [0.15, 0.2) is 119 Å². The number of benzene rings is 3. The van der Waals surface area contributed by atoms with E-state index in [1.54, 1.807) is 0 Å². The molecule has 0 amide bonds. The zero-order chi connectivity index (χ0) is 19.5. The van der Waals surface area contributed by atoms with Gasteiger partial charge in [-0.2, -0.15) is 0 Å². The van der Waals surface area contributed by atoms with Crippen molar-refractivity contribution in [1.29, 1.82) is 0 Å². The van der Waals surface area contributed by atoms with Gasteiger partial charge >= 0.3 is 0 Å². The predicted molar refractivity (Wildman–Crippen MR) is 124 cm³/mol. The fourth-order valence-electron chi connectivity index (χ4n) is 4.00. The average Bonchev–Trinajstić information content (AvgIpc) is 3.46. The van der Waals surface area contributed by atoms with Crippen LogP contribution in [-0.4, -0.2) is 12.4 Å². The minimum atomic E-state index is -0.604. The van der Waals surface area contributed by atoms with Gasteiger partial charge in [0, 0.05) is 12.1 Å². The molecule has 0 saturated heterocycles. The van der Waals surface area contributed by atoms with Gasteiger partial charge in [-0.25, -0.2) is 0 Å². The highest BCUT2D eigenvalue weighted by Crippen LogP contribution is 2.48. The molecule has 0 fully saturated rings. The van der Waals surface area contributed by atoms with Crippen LogP contribution >= 0.6 is 7.92 Å². The van der Waals surface area contributed by atoms with Gasteiger partial charge in [0.2, 0.25) is 0 Å². The highest BCUT2D eigenvalue weighted by atomic mass is 31.1. The summed E-state index contributed by atoms with van der Waals surface area (Å²) >= 11 is 0. The molecule has 1 aliphatic carbocycles. The standard InChI is InChI=1S/C26H23N2P/c1-4-11-20(12-5-1)24-19-27-26(28-24)23-17-10-18-25(23)29(21-13-6-2-7-14-21)22-15-8-3-9-16-22/h1-16,18,24H,17,19H2,(H,27,28)/t24-/m0/s1. The fourth-order valence-corrected chi connectivity index (χ4v) is 6.51. The van der Waals surface area contributed by atoms with Crippen molar-refractivity contribution in [3.05, 3.63) is 120 Å². The first-order chi connectivity index (χ1) is 14.4. The maximum Gasteiger partial charge on any atom is 0.125 e. The Labute approximate surface area is 173 Å². The van der Waals surface area contributed by atoms with Gasteiger partial charge in [0.25, 0.3) is 0 Å². The monoisotopic (exact) mass is 394 g/mol. The molecule has 5 rings (SSSR count). The van der Waals surface area contributed by atoms with Gasteiger partial charge in [0.15, 0.2) is 0 Å². The van der Waals surface area contributed by atoms with E-state index in [-0.39, 0.29) is 6.04 Å². The van der Waals surface area contributed by atoms with E-state index < -0.39 is 7.92 Å². The summed E-state index contributed by atoms with van der Waals surface area (Å²) in [5.74, 6) is 1.07. The zero-order valence-electron chi connectivity index (χ0n) is 16.2. The number of allylic oxidation sites excluding steroid dienone is 3. The van der Waals surface area contributed by atoms with Crippen molar-refractivity contribution in [1.82, 2.24) is 5.32 Å². The summed E-state index contributed by atoms with van der Waals surface area (Å²) in [7, 11) is -0.604. The molecule has 0 saturated carbocycles. The lowest BCUT2D eigenvalue weighted by Gasteiger charge is -2.21. The lowest BCUT2D eigenvalue weighted by Crippen LogP contribution is -2.22. The Kier molecular flexibility index (Phi) is 5.11. The molecule has 2 nitrogen and oxygen atoms in total. The lowest BCUT2D eigenvalue weighted by atomic mass is 10.1. The van der Waals surface area contributed by atoms with Crippen LogP contribution in [0, 0.1) is 0 Å². The van der Waals surface area contributed by atoms with Crippen LogP contribution in [0.5, 0.6) is 0 Å². The third-order valence-electron chi connectivity index (χ3n) is 5.39. The number of rotatable bonds is 5. The van der Waals surface area contributed by atoms with E-state index in [2.05, 4.69) is 108 Å². The first-order valence-corrected chi connectivity index (χ1v) is 11.4. The summed E-state index contributed by atoms with van der Waals surface area (Å²) in [6.45, 7) is 0.866. The summed E-state index contributed by atoms with van der Waals surface area (Å²) in [5.41, 5.74) is 2.62. The maximum absolute atomic E-state index is 5.08. The molecule has 3 aromatic rings. The molecule has 0 unspecified atom stereocenters. The van der Waals surface area contributed by atoms with Crippen LogP contribution in [0.2, 0.25) is 0 Å². The van der Waals surface area contributed by atoms with Crippen molar-refractivity contribution in [2.24, 2.45) is 4.99 Å². The molecular formula is C26H23N2P. The van der Waals surface area contributed by atoms with E-state index in [1.807, 2.05) is 0 Å². The van der Waals surface area contributed by atoms with Crippen LogP contribution < -0.4 is 15.9 Å². The third kappa shape index (κ3) is 3.69. The second-order valence-electron chi connectivity index (χ2n) is 7.26. The van der Waals surface area contributed by atoms with Crippen molar-refractivity contribution in [3.8, 4) is 0 Å². The Hall–Kier alpha value is -2.96. The normalized spacial score (nSPS) is 18.2. The topological polar surface area (TPSA) is 24.4 Å². The van der Waals surface area contributed by atoms with Crippen LogP contribution in [-0.2, 0) is 0 Å². The van der Waals surface area contributed by atoms with Crippen molar-refractivity contribution < 1.29 is 0 Å². The smallest absolute Gasteiger partial charge is 0.125 e. The van der Waals surface area contributed by atoms with Gasteiger partial charge in [-0.15, -0.1) is 0 Å². The molecule has 1 heterocycles. The van der Waals surface area contributed by atoms with E-state index in [4.69, 9.17) is 4.99 Å². The summed E-state index contributed by atoms with van der Waals surface area (Å²) in [5, 5.41) is 7.77. The Morgan fingerprint density at radius 1 is 0.759 bits per heavy atom. The Bertz CT molecular complexity index is 1030. The summed E-state index contributed by atoms with van der Waals surface area (Å²) in [6.07, 6.45) is 5.55. The Balaban J connectivity index is 1.57. The van der Waals surface area contributed by atoms with Crippen LogP contribution in [0.4, 0.5) is 0 Å². The molecule has 1 N–H and O–H groups in total. The number of aliphatic imine (C=N–C) groups is 1. The molecule has 2 aliphatic rings. The Morgan fingerprint density at radius 3 is 1.97 bits per heavy atom. The summed E-state index contributed by atoms with van der Waals surface area (Å²) < 4.78 is 0. The molecule has 0 radical (unpaired) electrons. The molecule has 3 heteroatoms. The molecule has 0 aromatic heterocycles. The van der Waals surface area contributed by atoms with Gasteiger partial charge in [-0.1, -0.05) is 103 Å². The molecular weight excluding hydrogens is 371 g/mol. The van der Waals surface area contributed by atoms with E-state index in [0.29, 0.717) is 0 Å². The molecule has 142 valence electrons. The molecule has 1 atom stereocenters. The van der Waals surface area contributed by atoms with Crippen molar-refractivity contribution in [3.63, 3.8) is 0 Å². The van der Waals surface area contributed by atoms with Crippen LogP contribution in [0.1, 0.15) is 18.0 Å². The van der Waals surface area contributed by atoms with Gasteiger partial charge < -0.3 is 5.32 Å². The number of nitrogens with one attached hydrogen (secondary N) is 1. The lowest BCUT2D eigenvalue weighted by molar-refractivity contribution is 0.751. The summed E-state index contributed by atoms with van der Waals surface area (Å²) in [4.78, 5) is 5.08.